The number of nitrogens with zero attached hydrogens (tertiary/aromatic N) is 1. The monoisotopic (exact) mass is 399 g/mol. The lowest BCUT2D eigenvalue weighted by Gasteiger charge is -2.44. The van der Waals surface area contributed by atoms with Gasteiger partial charge in [-0.05, 0) is 68.0 Å². The molecule has 1 N–H and O–H groups in total. The summed E-state index contributed by atoms with van der Waals surface area (Å²) in [5.74, 6) is 0.565. The average Bonchev–Trinajstić information content (AvgIpc) is 2.96. The van der Waals surface area contributed by atoms with Crippen LogP contribution in [-0.2, 0) is 23.5 Å². The van der Waals surface area contributed by atoms with Crippen molar-refractivity contribution in [2.45, 2.75) is 63.4 Å². The van der Waals surface area contributed by atoms with Crippen LogP contribution in [0.5, 0.6) is 5.75 Å². The van der Waals surface area contributed by atoms with Gasteiger partial charge in [0.2, 0.25) is 0 Å². The van der Waals surface area contributed by atoms with Crippen molar-refractivity contribution in [3.05, 3.63) is 65.0 Å². The molecular weight excluding hydrogens is 369 g/mol. The summed E-state index contributed by atoms with van der Waals surface area (Å²) in [6.45, 7) is 4.04. The van der Waals surface area contributed by atoms with Gasteiger partial charge >= 0.3 is 0 Å². The fourth-order valence-corrected chi connectivity index (χ4v) is 5.05. The fourth-order valence-electron chi connectivity index (χ4n) is 5.05. The molecule has 2 saturated heterocycles. The predicted molar refractivity (Wildman–Crippen MR) is 110 cm³/mol. The Morgan fingerprint density at radius 1 is 1.14 bits per heavy atom. The highest BCUT2D eigenvalue weighted by molar-refractivity contribution is 5.37. The van der Waals surface area contributed by atoms with Crippen LogP contribution >= 0.6 is 0 Å². The van der Waals surface area contributed by atoms with Crippen LogP contribution in [-0.4, -0.2) is 35.8 Å². The molecule has 2 aliphatic heterocycles. The minimum absolute atomic E-state index is 0.286. The van der Waals surface area contributed by atoms with Gasteiger partial charge in [0.1, 0.15) is 11.6 Å². The van der Waals surface area contributed by atoms with Crippen LogP contribution in [0.4, 0.5) is 4.39 Å². The number of hydrogen-bond donors (Lipinski definition) is 1. The van der Waals surface area contributed by atoms with Crippen molar-refractivity contribution < 1.29 is 19.0 Å². The molecule has 2 aliphatic rings. The Morgan fingerprint density at radius 2 is 1.90 bits per heavy atom. The first kappa shape index (κ1) is 20.3. The van der Waals surface area contributed by atoms with Gasteiger partial charge in [0, 0.05) is 30.8 Å². The van der Waals surface area contributed by atoms with E-state index in [0.29, 0.717) is 43.7 Å². The van der Waals surface area contributed by atoms with Crippen molar-refractivity contribution >= 4 is 0 Å². The molecule has 2 aromatic carbocycles. The zero-order valence-corrected chi connectivity index (χ0v) is 17.2. The summed E-state index contributed by atoms with van der Waals surface area (Å²) in [6, 6.07) is 13.4. The van der Waals surface area contributed by atoms with Crippen molar-refractivity contribution in [1.29, 1.82) is 0 Å². The summed E-state index contributed by atoms with van der Waals surface area (Å²) in [4.78, 5) is 2.51. The van der Waals surface area contributed by atoms with E-state index in [1.807, 2.05) is 19.1 Å². The van der Waals surface area contributed by atoms with Gasteiger partial charge in [0.15, 0.2) is 0 Å². The Kier molecular flexibility index (Phi) is 5.91. The zero-order valence-electron chi connectivity index (χ0n) is 17.2. The summed E-state index contributed by atoms with van der Waals surface area (Å²) in [5, 5.41) is 11.3. The molecule has 1 unspecified atom stereocenters. The lowest BCUT2D eigenvalue weighted by Crippen LogP contribution is -2.49. The number of methoxy groups -OCH3 is 1. The first-order valence-electron chi connectivity index (χ1n) is 10.5. The Labute approximate surface area is 172 Å². The molecule has 0 saturated carbocycles. The standard InChI is InChI=1S/C24H30FNO3/c1-3-29-16-18-11-17(7-10-23(18)28-2)15-26-21-8-9-22(26)14-24(27,13-21)19-5-4-6-20(25)12-19/h4-7,10-12,21-22,27H,3,8-9,13-16H2,1-2H3/t21-,22+,24?. The van der Waals surface area contributed by atoms with Gasteiger partial charge in [0.25, 0.3) is 0 Å². The van der Waals surface area contributed by atoms with Gasteiger partial charge < -0.3 is 14.6 Å². The van der Waals surface area contributed by atoms with Crippen molar-refractivity contribution in [3.8, 4) is 5.75 Å². The van der Waals surface area contributed by atoms with Crippen molar-refractivity contribution in [3.63, 3.8) is 0 Å². The predicted octanol–water partition coefficient (Wildman–Crippen LogP) is 4.39. The summed E-state index contributed by atoms with van der Waals surface area (Å²) in [6.07, 6.45) is 3.44. The summed E-state index contributed by atoms with van der Waals surface area (Å²) in [5.41, 5.74) is 2.06. The van der Waals surface area contributed by atoms with Gasteiger partial charge in [-0.2, -0.15) is 0 Å². The highest BCUT2D eigenvalue weighted by Crippen LogP contribution is 2.46. The molecule has 0 amide bonds. The second-order valence-electron chi connectivity index (χ2n) is 8.29. The molecule has 2 aromatic rings. The molecule has 4 rings (SSSR count). The van der Waals surface area contributed by atoms with Crippen molar-refractivity contribution in [2.75, 3.05) is 13.7 Å². The molecule has 0 spiro atoms. The molecule has 0 aromatic heterocycles. The molecule has 156 valence electrons. The van der Waals surface area contributed by atoms with Gasteiger partial charge in [-0.3, -0.25) is 4.90 Å². The number of rotatable bonds is 7. The van der Waals surface area contributed by atoms with Crippen molar-refractivity contribution in [1.82, 2.24) is 4.90 Å². The lowest BCUT2D eigenvalue weighted by atomic mass is 9.80. The molecule has 2 heterocycles. The second-order valence-corrected chi connectivity index (χ2v) is 8.29. The Bertz CT molecular complexity index is 842. The van der Waals surface area contributed by atoms with E-state index in [9.17, 15) is 9.50 Å². The normalized spacial score (nSPS) is 26.6. The second kappa shape index (κ2) is 8.42. The minimum Gasteiger partial charge on any atom is -0.496 e. The van der Waals surface area contributed by atoms with E-state index in [2.05, 4.69) is 17.0 Å². The minimum atomic E-state index is -0.940. The highest BCUT2D eigenvalue weighted by Gasteiger charge is 2.48. The third kappa shape index (κ3) is 4.18. The van der Waals surface area contributed by atoms with E-state index in [4.69, 9.17) is 9.47 Å². The van der Waals surface area contributed by atoms with E-state index in [-0.39, 0.29) is 5.82 Å². The van der Waals surface area contributed by atoms with E-state index in [1.54, 1.807) is 13.2 Å². The molecule has 2 fully saturated rings. The van der Waals surface area contributed by atoms with E-state index in [1.165, 1.54) is 17.7 Å². The van der Waals surface area contributed by atoms with Gasteiger partial charge in [-0.15, -0.1) is 0 Å². The molecule has 4 nitrogen and oxygen atoms in total. The summed E-state index contributed by atoms with van der Waals surface area (Å²) < 4.78 is 24.8. The third-order valence-electron chi connectivity index (χ3n) is 6.45. The molecule has 0 radical (unpaired) electrons. The molecule has 29 heavy (non-hydrogen) atoms. The van der Waals surface area contributed by atoms with Crippen LogP contribution in [0.25, 0.3) is 0 Å². The Hall–Kier alpha value is -1.95. The van der Waals surface area contributed by atoms with Crippen molar-refractivity contribution in [2.24, 2.45) is 0 Å². The maximum absolute atomic E-state index is 13.7. The average molecular weight is 400 g/mol. The van der Waals surface area contributed by atoms with Crippen LogP contribution in [0.1, 0.15) is 49.3 Å². The number of hydrogen-bond acceptors (Lipinski definition) is 4. The van der Waals surface area contributed by atoms with Crippen LogP contribution in [0, 0.1) is 5.82 Å². The first-order chi connectivity index (χ1) is 14.0. The SMILES string of the molecule is CCOCc1cc(CN2[C@@H]3CC[C@H]2CC(O)(c2cccc(F)c2)C3)ccc1OC. The van der Waals surface area contributed by atoms with Crippen LogP contribution in [0.2, 0.25) is 0 Å². The zero-order chi connectivity index (χ0) is 20.4. The Morgan fingerprint density at radius 3 is 2.55 bits per heavy atom. The number of piperidine rings is 1. The topological polar surface area (TPSA) is 41.9 Å². The largest absolute Gasteiger partial charge is 0.496 e. The Balaban J connectivity index is 1.51. The number of benzene rings is 2. The summed E-state index contributed by atoms with van der Waals surface area (Å²) >= 11 is 0. The number of aliphatic hydroxyl groups is 1. The number of fused-ring (bicyclic) bond motifs is 2. The smallest absolute Gasteiger partial charge is 0.124 e. The first-order valence-corrected chi connectivity index (χ1v) is 10.5. The van der Waals surface area contributed by atoms with Crippen LogP contribution in [0.15, 0.2) is 42.5 Å². The molecule has 0 aliphatic carbocycles. The van der Waals surface area contributed by atoms with Gasteiger partial charge in [-0.25, -0.2) is 4.39 Å². The van der Waals surface area contributed by atoms with Crippen LogP contribution in [0.3, 0.4) is 0 Å². The van der Waals surface area contributed by atoms with Gasteiger partial charge in [-0.1, -0.05) is 18.2 Å². The third-order valence-corrected chi connectivity index (χ3v) is 6.45. The molecular formula is C24H30FNO3. The maximum atomic E-state index is 13.7. The number of ether oxygens (including phenoxy) is 2. The lowest BCUT2D eigenvalue weighted by molar-refractivity contribution is -0.0596. The molecule has 3 atom stereocenters. The van der Waals surface area contributed by atoms with E-state index < -0.39 is 5.60 Å². The van der Waals surface area contributed by atoms with E-state index in [0.717, 1.165) is 30.7 Å². The number of halogens is 1. The molecule has 2 bridgehead atoms. The maximum Gasteiger partial charge on any atom is 0.124 e. The summed E-state index contributed by atoms with van der Waals surface area (Å²) in [7, 11) is 1.68. The van der Waals surface area contributed by atoms with Crippen LogP contribution < -0.4 is 4.74 Å². The van der Waals surface area contributed by atoms with E-state index >= 15 is 0 Å². The molecule has 5 heteroatoms. The fraction of sp³-hybridized carbons (Fsp3) is 0.500. The van der Waals surface area contributed by atoms with Gasteiger partial charge in [0.05, 0.1) is 19.3 Å². The highest BCUT2D eigenvalue weighted by atomic mass is 19.1. The quantitative estimate of drug-likeness (QED) is 0.750.